The van der Waals surface area contributed by atoms with E-state index >= 15 is 0 Å². The minimum atomic E-state index is -4.65. The molecule has 20 heavy (non-hydrogen) atoms. The van der Waals surface area contributed by atoms with Crippen LogP contribution in [0.5, 0.6) is 5.75 Å². The second-order valence-electron chi connectivity index (χ2n) is 3.79. The van der Waals surface area contributed by atoms with Crippen molar-refractivity contribution in [2.45, 2.75) is 6.18 Å². The Hall–Kier alpha value is -1.87. The topological polar surface area (TPSA) is 63.3 Å². The number of phenols is 1. The number of hydrogen-bond donors (Lipinski definition) is 1. The number of phenolic OH excluding ortho intramolecular Hbond substituents is 1. The minimum Gasteiger partial charge on any atom is -0.508 e. The molecule has 0 bridgehead atoms. The number of aromatic nitrogens is 4. The first-order valence-corrected chi connectivity index (χ1v) is 6.34. The number of aromatic hydroxyl groups is 1. The van der Waals surface area contributed by atoms with Gasteiger partial charge in [0.05, 0.1) is 5.02 Å². The Bertz CT molecular complexity index is 797. The number of nitrogens with zero attached hydrogens (tertiary/aromatic N) is 4. The van der Waals surface area contributed by atoms with E-state index in [0.717, 1.165) is 11.3 Å². The molecule has 0 atom stereocenters. The van der Waals surface area contributed by atoms with Crippen molar-refractivity contribution >= 4 is 27.9 Å². The summed E-state index contributed by atoms with van der Waals surface area (Å²) in [5.41, 5.74) is 0.329. The summed E-state index contributed by atoms with van der Waals surface area (Å²) in [7, 11) is 0. The monoisotopic (exact) mass is 320 g/mol. The maximum Gasteiger partial charge on any atom is 0.453 e. The highest BCUT2D eigenvalue weighted by atomic mass is 35.5. The third kappa shape index (κ3) is 2.08. The maximum absolute atomic E-state index is 12.7. The molecule has 0 spiro atoms. The Morgan fingerprint density at radius 2 is 2.00 bits per heavy atom. The lowest BCUT2D eigenvalue weighted by molar-refractivity contribution is -0.146. The lowest BCUT2D eigenvalue weighted by Gasteiger charge is -2.01. The second-order valence-corrected chi connectivity index (χ2v) is 5.15. The van der Waals surface area contributed by atoms with Gasteiger partial charge in [-0.15, -0.1) is 10.2 Å². The summed E-state index contributed by atoms with van der Waals surface area (Å²) < 4.78 is 38.7. The fourth-order valence-corrected chi connectivity index (χ4v) is 2.71. The molecule has 5 nitrogen and oxygen atoms in total. The van der Waals surface area contributed by atoms with Gasteiger partial charge >= 0.3 is 6.18 Å². The van der Waals surface area contributed by atoms with Gasteiger partial charge in [-0.05, 0) is 18.2 Å². The van der Waals surface area contributed by atoms with E-state index in [1.54, 1.807) is 0 Å². The molecule has 0 radical (unpaired) electrons. The summed E-state index contributed by atoms with van der Waals surface area (Å²) in [5.74, 6) is -1.27. The average Bonchev–Trinajstić information content (AvgIpc) is 2.89. The highest BCUT2D eigenvalue weighted by Crippen LogP contribution is 2.35. The van der Waals surface area contributed by atoms with Gasteiger partial charge in [-0.3, -0.25) is 0 Å². The van der Waals surface area contributed by atoms with E-state index in [1.165, 1.54) is 18.2 Å². The molecule has 1 N–H and O–H groups in total. The molecule has 0 aliphatic rings. The van der Waals surface area contributed by atoms with Crippen LogP contribution in [-0.2, 0) is 6.18 Å². The van der Waals surface area contributed by atoms with Crippen LogP contribution in [0.15, 0.2) is 18.2 Å². The number of fused-ring (bicyclic) bond motifs is 1. The maximum atomic E-state index is 12.7. The molecule has 0 amide bonds. The number of hydrogen-bond acceptors (Lipinski definition) is 5. The van der Waals surface area contributed by atoms with Gasteiger partial charge in [0, 0.05) is 5.56 Å². The Labute approximate surface area is 118 Å². The van der Waals surface area contributed by atoms with Gasteiger partial charge in [-0.25, -0.2) is 0 Å². The van der Waals surface area contributed by atoms with Crippen LogP contribution < -0.4 is 0 Å². The van der Waals surface area contributed by atoms with Crippen molar-refractivity contribution in [3.63, 3.8) is 0 Å². The largest absolute Gasteiger partial charge is 0.508 e. The molecular formula is C10H4ClF3N4OS. The highest BCUT2D eigenvalue weighted by molar-refractivity contribution is 7.19. The number of rotatable bonds is 1. The average molecular weight is 321 g/mol. The van der Waals surface area contributed by atoms with Crippen LogP contribution in [0.25, 0.3) is 15.5 Å². The van der Waals surface area contributed by atoms with E-state index < -0.39 is 12.0 Å². The number of halogens is 4. The molecule has 3 aromatic rings. The SMILES string of the molecule is Oc1ccc(Cl)c(-c2nn3c(C(F)(F)F)nnc3s2)c1. The van der Waals surface area contributed by atoms with Crippen LogP contribution in [0.1, 0.15) is 5.82 Å². The van der Waals surface area contributed by atoms with Gasteiger partial charge in [0.15, 0.2) is 0 Å². The molecule has 2 aromatic heterocycles. The molecule has 0 saturated carbocycles. The Morgan fingerprint density at radius 1 is 1.25 bits per heavy atom. The van der Waals surface area contributed by atoms with Crippen LogP contribution >= 0.6 is 22.9 Å². The van der Waals surface area contributed by atoms with Gasteiger partial charge in [-0.1, -0.05) is 22.9 Å². The molecule has 0 saturated heterocycles. The summed E-state index contributed by atoms with van der Waals surface area (Å²) >= 11 is 6.84. The second kappa shape index (κ2) is 4.32. The summed E-state index contributed by atoms with van der Waals surface area (Å²) in [5, 5.41) is 20.2. The lowest BCUT2D eigenvalue weighted by Crippen LogP contribution is -2.11. The van der Waals surface area contributed by atoms with Crippen molar-refractivity contribution in [3.05, 3.63) is 29.0 Å². The van der Waals surface area contributed by atoms with E-state index in [4.69, 9.17) is 11.6 Å². The molecule has 10 heteroatoms. The minimum absolute atomic E-state index is 0.00765. The van der Waals surface area contributed by atoms with Crippen molar-refractivity contribution < 1.29 is 18.3 Å². The summed E-state index contributed by atoms with van der Waals surface area (Å²) in [6.45, 7) is 0. The quantitative estimate of drug-likeness (QED) is 0.747. The summed E-state index contributed by atoms with van der Waals surface area (Å²) in [6.07, 6.45) is -4.65. The zero-order valence-electron chi connectivity index (χ0n) is 9.39. The van der Waals surface area contributed by atoms with Crippen LogP contribution in [0.2, 0.25) is 5.02 Å². The normalized spacial score (nSPS) is 12.2. The standard InChI is InChI=1S/C10H4ClF3N4OS/c11-6-2-1-4(19)3-5(6)7-17-18-8(10(12,13)14)15-16-9(18)20-7/h1-3,19H. The highest BCUT2D eigenvalue weighted by Gasteiger charge is 2.38. The summed E-state index contributed by atoms with van der Waals surface area (Å²) in [6, 6.07) is 4.12. The first-order valence-electron chi connectivity index (χ1n) is 5.14. The van der Waals surface area contributed by atoms with Crippen molar-refractivity contribution in [2.24, 2.45) is 0 Å². The first kappa shape index (κ1) is 13.1. The van der Waals surface area contributed by atoms with Crippen molar-refractivity contribution in [2.75, 3.05) is 0 Å². The predicted octanol–water partition coefficient (Wildman–Crippen LogP) is 3.23. The lowest BCUT2D eigenvalue weighted by atomic mass is 10.2. The van der Waals surface area contributed by atoms with Crippen LogP contribution in [0, 0.1) is 0 Å². The Kier molecular flexibility index (Phi) is 2.83. The molecule has 0 aliphatic heterocycles. The van der Waals surface area contributed by atoms with Crippen molar-refractivity contribution in [3.8, 4) is 16.3 Å². The van der Waals surface area contributed by atoms with Gasteiger partial charge in [0.25, 0.3) is 5.82 Å². The van der Waals surface area contributed by atoms with E-state index in [0.29, 0.717) is 10.1 Å². The molecule has 104 valence electrons. The Morgan fingerprint density at radius 3 is 2.70 bits per heavy atom. The van der Waals surface area contributed by atoms with E-state index in [2.05, 4.69) is 15.3 Å². The first-order chi connectivity index (χ1) is 9.36. The van der Waals surface area contributed by atoms with Gasteiger partial charge in [0.1, 0.15) is 10.8 Å². The smallest absolute Gasteiger partial charge is 0.453 e. The third-order valence-corrected chi connectivity index (χ3v) is 3.69. The van der Waals surface area contributed by atoms with Crippen LogP contribution in [0.3, 0.4) is 0 Å². The number of alkyl halides is 3. The van der Waals surface area contributed by atoms with Crippen LogP contribution in [0.4, 0.5) is 13.2 Å². The molecular weight excluding hydrogens is 317 g/mol. The zero-order chi connectivity index (χ0) is 14.5. The Balaban J connectivity index is 2.19. The van der Waals surface area contributed by atoms with E-state index in [9.17, 15) is 18.3 Å². The third-order valence-electron chi connectivity index (χ3n) is 2.42. The molecule has 3 rings (SSSR count). The van der Waals surface area contributed by atoms with Gasteiger partial charge < -0.3 is 5.11 Å². The fraction of sp³-hybridized carbons (Fsp3) is 0.100. The fourth-order valence-electron chi connectivity index (χ4n) is 1.58. The number of benzene rings is 1. The molecule has 0 fully saturated rings. The molecule has 2 heterocycles. The summed E-state index contributed by atoms with van der Waals surface area (Å²) in [4.78, 5) is -0.00765. The van der Waals surface area contributed by atoms with E-state index in [1.807, 2.05) is 0 Å². The van der Waals surface area contributed by atoms with Crippen molar-refractivity contribution in [1.82, 2.24) is 19.8 Å². The predicted molar refractivity (Wildman–Crippen MR) is 65.8 cm³/mol. The molecule has 1 aromatic carbocycles. The molecule has 0 aliphatic carbocycles. The molecule has 0 unspecified atom stereocenters. The van der Waals surface area contributed by atoms with E-state index in [-0.39, 0.29) is 20.7 Å². The van der Waals surface area contributed by atoms with Gasteiger partial charge in [0.2, 0.25) is 4.96 Å². The van der Waals surface area contributed by atoms with Crippen molar-refractivity contribution in [1.29, 1.82) is 0 Å². The van der Waals surface area contributed by atoms with Crippen LogP contribution in [-0.4, -0.2) is 24.9 Å². The zero-order valence-corrected chi connectivity index (χ0v) is 11.0. The van der Waals surface area contributed by atoms with Gasteiger partial charge in [-0.2, -0.15) is 22.8 Å².